The lowest BCUT2D eigenvalue weighted by atomic mass is 10.3. The summed E-state index contributed by atoms with van der Waals surface area (Å²) in [7, 11) is 0. The summed E-state index contributed by atoms with van der Waals surface area (Å²) in [6.07, 6.45) is -0.966. The maximum absolute atomic E-state index is 10.2. The first kappa shape index (κ1) is 11.1. The van der Waals surface area contributed by atoms with Crippen molar-refractivity contribution in [3.05, 3.63) is 12.2 Å². The van der Waals surface area contributed by atoms with Gasteiger partial charge in [-0.1, -0.05) is 6.58 Å². The monoisotopic (exact) mass is 176 g/mol. The first-order chi connectivity index (χ1) is 5.57. The van der Waals surface area contributed by atoms with E-state index >= 15 is 0 Å². The van der Waals surface area contributed by atoms with E-state index in [2.05, 4.69) is 6.58 Å². The van der Waals surface area contributed by atoms with Crippen LogP contribution in [-0.4, -0.2) is 47.2 Å². The SMILES string of the molecule is C=C(COCC(O)CO)C(=O)O. The second-order valence-electron chi connectivity index (χ2n) is 2.26. The Labute approximate surface area is 69.9 Å². The van der Waals surface area contributed by atoms with E-state index in [0.717, 1.165) is 0 Å². The van der Waals surface area contributed by atoms with Gasteiger partial charge in [0.2, 0.25) is 0 Å². The second kappa shape index (κ2) is 5.70. The van der Waals surface area contributed by atoms with Crippen molar-refractivity contribution in [1.82, 2.24) is 0 Å². The molecule has 5 heteroatoms. The van der Waals surface area contributed by atoms with Crippen LogP contribution in [0.1, 0.15) is 0 Å². The first-order valence-corrected chi connectivity index (χ1v) is 3.35. The third-order valence-electron chi connectivity index (χ3n) is 1.10. The van der Waals surface area contributed by atoms with Gasteiger partial charge in [0, 0.05) is 0 Å². The topological polar surface area (TPSA) is 87.0 Å². The third kappa shape index (κ3) is 4.84. The van der Waals surface area contributed by atoms with Gasteiger partial charge in [0.15, 0.2) is 0 Å². The van der Waals surface area contributed by atoms with Crippen molar-refractivity contribution in [2.75, 3.05) is 19.8 Å². The molecule has 5 nitrogen and oxygen atoms in total. The van der Waals surface area contributed by atoms with Crippen molar-refractivity contribution in [2.24, 2.45) is 0 Å². The van der Waals surface area contributed by atoms with Crippen LogP contribution in [0, 0.1) is 0 Å². The molecule has 0 aliphatic carbocycles. The highest BCUT2D eigenvalue weighted by Gasteiger charge is 2.05. The van der Waals surface area contributed by atoms with Crippen LogP contribution in [-0.2, 0) is 9.53 Å². The summed E-state index contributed by atoms with van der Waals surface area (Å²) in [5.74, 6) is -1.13. The predicted molar refractivity (Wildman–Crippen MR) is 40.7 cm³/mol. The van der Waals surface area contributed by atoms with Crippen molar-refractivity contribution in [2.45, 2.75) is 6.10 Å². The molecule has 1 unspecified atom stereocenters. The Hall–Kier alpha value is -0.910. The molecule has 0 radical (unpaired) electrons. The van der Waals surface area contributed by atoms with E-state index in [1.807, 2.05) is 0 Å². The van der Waals surface area contributed by atoms with E-state index in [9.17, 15) is 4.79 Å². The van der Waals surface area contributed by atoms with Gasteiger partial charge in [-0.05, 0) is 0 Å². The summed E-state index contributed by atoms with van der Waals surface area (Å²) in [6, 6.07) is 0. The highest BCUT2D eigenvalue weighted by molar-refractivity contribution is 5.85. The quantitative estimate of drug-likeness (QED) is 0.452. The van der Waals surface area contributed by atoms with Gasteiger partial charge >= 0.3 is 5.97 Å². The van der Waals surface area contributed by atoms with Gasteiger partial charge in [0.1, 0.15) is 6.10 Å². The zero-order valence-electron chi connectivity index (χ0n) is 6.56. The predicted octanol–water partition coefficient (Wildman–Crippen LogP) is -1.00. The van der Waals surface area contributed by atoms with Crippen LogP contribution < -0.4 is 0 Å². The summed E-state index contributed by atoms with van der Waals surface area (Å²) >= 11 is 0. The molecule has 70 valence electrons. The molecule has 0 saturated heterocycles. The van der Waals surface area contributed by atoms with Gasteiger partial charge in [-0.3, -0.25) is 0 Å². The van der Waals surface area contributed by atoms with Crippen LogP contribution in [0.25, 0.3) is 0 Å². The summed E-state index contributed by atoms with van der Waals surface area (Å²) in [5.41, 5.74) is -0.0832. The molecule has 0 aromatic carbocycles. The highest BCUT2D eigenvalue weighted by atomic mass is 16.5. The normalized spacial score (nSPS) is 12.5. The standard InChI is InChI=1S/C7H12O5/c1-5(7(10)11)3-12-4-6(9)2-8/h6,8-9H,1-4H2,(H,10,11). The van der Waals surface area contributed by atoms with Gasteiger partial charge in [-0.25, -0.2) is 4.79 Å². The fraction of sp³-hybridized carbons (Fsp3) is 0.571. The lowest BCUT2D eigenvalue weighted by molar-refractivity contribution is -0.133. The average Bonchev–Trinajstić information content (AvgIpc) is 2.03. The van der Waals surface area contributed by atoms with Crippen LogP contribution >= 0.6 is 0 Å². The maximum atomic E-state index is 10.2. The molecule has 0 saturated carbocycles. The minimum absolute atomic E-state index is 0.0832. The molecule has 0 aromatic rings. The summed E-state index contributed by atoms with van der Waals surface area (Å²) in [6.45, 7) is 2.56. The number of hydrogen-bond donors (Lipinski definition) is 3. The molecule has 1 atom stereocenters. The molecule has 0 rings (SSSR count). The van der Waals surface area contributed by atoms with E-state index in [4.69, 9.17) is 20.1 Å². The Balaban J connectivity index is 3.44. The molecule has 0 aromatic heterocycles. The fourth-order valence-corrected chi connectivity index (χ4v) is 0.433. The third-order valence-corrected chi connectivity index (χ3v) is 1.10. The van der Waals surface area contributed by atoms with Gasteiger partial charge < -0.3 is 20.1 Å². The molecular weight excluding hydrogens is 164 g/mol. The molecule has 12 heavy (non-hydrogen) atoms. The van der Waals surface area contributed by atoms with E-state index in [1.165, 1.54) is 0 Å². The summed E-state index contributed by atoms with van der Waals surface area (Å²) < 4.78 is 4.72. The number of rotatable bonds is 6. The van der Waals surface area contributed by atoms with Gasteiger partial charge in [0.25, 0.3) is 0 Å². The summed E-state index contributed by atoms with van der Waals surface area (Å²) in [4.78, 5) is 10.2. The van der Waals surface area contributed by atoms with E-state index in [0.29, 0.717) is 0 Å². The minimum Gasteiger partial charge on any atom is -0.478 e. The van der Waals surface area contributed by atoms with Gasteiger partial charge in [-0.15, -0.1) is 0 Å². The Morgan fingerprint density at radius 3 is 2.58 bits per heavy atom. The van der Waals surface area contributed by atoms with E-state index in [1.54, 1.807) is 0 Å². The van der Waals surface area contributed by atoms with Crippen molar-refractivity contribution < 1.29 is 24.9 Å². The lowest BCUT2D eigenvalue weighted by Gasteiger charge is -2.07. The van der Waals surface area contributed by atoms with Crippen LogP contribution in [0.4, 0.5) is 0 Å². The van der Waals surface area contributed by atoms with Gasteiger partial charge in [0.05, 0.1) is 25.4 Å². The maximum Gasteiger partial charge on any atom is 0.333 e. The Morgan fingerprint density at radius 2 is 2.17 bits per heavy atom. The van der Waals surface area contributed by atoms with Crippen molar-refractivity contribution in [3.8, 4) is 0 Å². The number of aliphatic carboxylic acids is 1. The van der Waals surface area contributed by atoms with Gasteiger partial charge in [-0.2, -0.15) is 0 Å². The largest absolute Gasteiger partial charge is 0.478 e. The van der Waals surface area contributed by atoms with Crippen molar-refractivity contribution in [1.29, 1.82) is 0 Å². The Kier molecular flexibility index (Phi) is 5.27. The number of carbonyl (C=O) groups is 1. The zero-order valence-corrected chi connectivity index (χ0v) is 6.56. The number of hydrogen-bond acceptors (Lipinski definition) is 4. The molecule has 0 aliphatic heterocycles. The molecule has 0 amide bonds. The smallest absolute Gasteiger partial charge is 0.333 e. The Morgan fingerprint density at radius 1 is 1.58 bits per heavy atom. The first-order valence-electron chi connectivity index (χ1n) is 3.35. The second-order valence-corrected chi connectivity index (χ2v) is 2.26. The molecule has 0 spiro atoms. The number of ether oxygens (including phenoxy) is 1. The molecular formula is C7H12O5. The number of carboxylic acids is 1. The summed E-state index contributed by atoms with van der Waals surface area (Å²) in [5, 5.41) is 25.4. The van der Waals surface area contributed by atoms with Crippen molar-refractivity contribution in [3.63, 3.8) is 0 Å². The van der Waals surface area contributed by atoms with E-state index < -0.39 is 18.7 Å². The lowest BCUT2D eigenvalue weighted by Crippen LogP contribution is -2.20. The van der Waals surface area contributed by atoms with Crippen LogP contribution in [0.2, 0.25) is 0 Å². The van der Waals surface area contributed by atoms with Crippen LogP contribution in [0.5, 0.6) is 0 Å². The highest BCUT2D eigenvalue weighted by Crippen LogP contribution is 1.92. The minimum atomic E-state index is -1.13. The molecule has 0 heterocycles. The van der Waals surface area contributed by atoms with Crippen LogP contribution in [0.15, 0.2) is 12.2 Å². The fourth-order valence-electron chi connectivity index (χ4n) is 0.433. The molecule has 3 N–H and O–H groups in total. The molecule has 0 fully saturated rings. The number of aliphatic hydroxyl groups excluding tert-OH is 2. The molecule has 0 bridgehead atoms. The average molecular weight is 176 g/mol. The van der Waals surface area contributed by atoms with E-state index in [-0.39, 0.29) is 18.8 Å². The zero-order chi connectivity index (χ0) is 9.56. The number of carboxylic acid groups (broad SMARTS) is 1. The number of aliphatic hydroxyl groups is 2. The Bertz CT molecular complexity index is 165. The van der Waals surface area contributed by atoms with Crippen LogP contribution in [0.3, 0.4) is 0 Å². The molecule has 0 aliphatic rings. The van der Waals surface area contributed by atoms with Crippen molar-refractivity contribution >= 4 is 5.97 Å².